The van der Waals surface area contributed by atoms with Gasteiger partial charge < -0.3 is 10.8 Å². The number of carbonyl (C=O) groups is 1. The predicted molar refractivity (Wildman–Crippen MR) is 33.5 cm³/mol. The van der Waals surface area contributed by atoms with Crippen LogP contribution in [0.2, 0.25) is 0 Å². The zero-order valence-corrected chi connectivity index (χ0v) is 5.41. The van der Waals surface area contributed by atoms with Gasteiger partial charge in [0, 0.05) is 0 Å². The molecule has 0 aliphatic heterocycles. The van der Waals surface area contributed by atoms with Gasteiger partial charge in [-0.3, -0.25) is 9.63 Å². The van der Waals surface area contributed by atoms with E-state index in [4.69, 9.17) is 16.7 Å². The van der Waals surface area contributed by atoms with Crippen LogP contribution in [0.25, 0.3) is 0 Å². The summed E-state index contributed by atoms with van der Waals surface area (Å²) in [7, 11) is 0. The molecule has 0 amide bonds. The minimum atomic E-state index is -1.04. The van der Waals surface area contributed by atoms with Crippen LogP contribution in [-0.4, -0.2) is 23.7 Å². The molecule has 0 heterocycles. The second kappa shape index (κ2) is 5.12. The van der Waals surface area contributed by atoms with Gasteiger partial charge in [-0.25, -0.2) is 5.84 Å². The van der Waals surface area contributed by atoms with Crippen molar-refractivity contribution in [2.45, 2.75) is 12.5 Å². The fourth-order valence-electron chi connectivity index (χ4n) is 0.368. The summed E-state index contributed by atoms with van der Waals surface area (Å²) in [5.41, 5.74) is 7.02. The number of nitrogens with one attached hydrogen (secondary N) is 1. The molecule has 0 aliphatic carbocycles. The second-order valence-electron chi connectivity index (χ2n) is 1.70. The molecule has 0 saturated heterocycles. The molecular weight excluding hydrogens is 138 g/mol. The van der Waals surface area contributed by atoms with Crippen molar-refractivity contribution in [1.29, 1.82) is 0 Å². The summed E-state index contributed by atoms with van der Waals surface area (Å²) in [5.74, 6) is 3.69. The minimum Gasteiger partial charge on any atom is -0.480 e. The summed E-state index contributed by atoms with van der Waals surface area (Å²) in [4.78, 5) is 14.5. The summed E-state index contributed by atoms with van der Waals surface area (Å²) in [5, 5.41) is 8.25. The average Bonchev–Trinajstić information content (AvgIpc) is 1.88. The van der Waals surface area contributed by atoms with Crippen molar-refractivity contribution >= 4 is 5.97 Å². The molecule has 10 heavy (non-hydrogen) atoms. The summed E-state index contributed by atoms with van der Waals surface area (Å²) in [6.07, 6.45) is 0.236. The highest BCUT2D eigenvalue weighted by Crippen LogP contribution is 1.86. The first-order valence-electron chi connectivity index (χ1n) is 2.74. The van der Waals surface area contributed by atoms with Crippen molar-refractivity contribution in [2.75, 3.05) is 6.61 Å². The quantitative estimate of drug-likeness (QED) is 0.208. The maximum atomic E-state index is 10.1. The third-order valence-corrected chi connectivity index (χ3v) is 0.931. The lowest BCUT2D eigenvalue weighted by Gasteiger charge is -2.04. The maximum Gasteiger partial charge on any atom is 0.320 e. The third kappa shape index (κ3) is 4.21. The molecule has 1 atom stereocenters. The molecule has 0 unspecified atom stereocenters. The number of nitrogens with two attached hydrogens (primary N) is 2. The molecule has 6 heteroatoms. The fourth-order valence-corrected chi connectivity index (χ4v) is 0.368. The average molecular weight is 149 g/mol. The van der Waals surface area contributed by atoms with E-state index in [1.165, 1.54) is 0 Å². The molecule has 0 aromatic rings. The molecule has 0 aliphatic rings. The molecule has 0 bridgehead atoms. The lowest BCUT2D eigenvalue weighted by Crippen LogP contribution is -2.33. The largest absolute Gasteiger partial charge is 0.480 e. The summed E-state index contributed by atoms with van der Waals surface area (Å²) in [6, 6.07) is -0.881. The van der Waals surface area contributed by atoms with Crippen LogP contribution in [0.3, 0.4) is 0 Å². The van der Waals surface area contributed by atoms with Crippen LogP contribution in [0.4, 0.5) is 0 Å². The standard InChI is InChI=1S/C4H11N3O3/c5-3(4(8)9)1-2-10-7-6/h3,7H,1-2,5-6H2,(H,8,9)/t3-/m0/s1. The molecule has 0 aromatic heterocycles. The Hall–Kier alpha value is -0.690. The first kappa shape index (κ1) is 9.31. The van der Waals surface area contributed by atoms with Gasteiger partial charge in [0.1, 0.15) is 6.04 Å². The number of hydrazine groups is 1. The van der Waals surface area contributed by atoms with Gasteiger partial charge in [0.15, 0.2) is 0 Å². The molecule has 6 N–H and O–H groups in total. The highest BCUT2D eigenvalue weighted by atomic mass is 16.7. The maximum absolute atomic E-state index is 10.1. The number of hydrogen-bond acceptors (Lipinski definition) is 5. The summed E-state index contributed by atoms with van der Waals surface area (Å²) >= 11 is 0. The van der Waals surface area contributed by atoms with Crippen LogP contribution < -0.4 is 17.2 Å². The van der Waals surface area contributed by atoms with E-state index < -0.39 is 12.0 Å². The Bertz CT molecular complexity index is 108. The normalized spacial score (nSPS) is 13.0. The molecule has 0 spiro atoms. The van der Waals surface area contributed by atoms with Crippen molar-refractivity contribution in [1.82, 2.24) is 5.59 Å². The molecule has 60 valence electrons. The van der Waals surface area contributed by atoms with Crippen molar-refractivity contribution in [3.05, 3.63) is 0 Å². The Labute approximate surface area is 58.1 Å². The van der Waals surface area contributed by atoms with Crippen molar-refractivity contribution in [2.24, 2.45) is 11.6 Å². The van der Waals surface area contributed by atoms with Gasteiger partial charge in [-0.15, -0.1) is 5.59 Å². The van der Waals surface area contributed by atoms with Crippen LogP contribution >= 0.6 is 0 Å². The van der Waals surface area contributed by atoms with Crippen LogP contribution in [0.5, 0.6) is 0 Å². The van der Waals surface area contributed by atoms with Gasteiger partial charge in [-0.05, 0) is 6.42 Å². The number of aliphatic carboxylic acids is 1. The van der Waals surface area contributed by atoms with Gasteiger partial charge >= 0.3 is 5.97 Å². The zero-order chi connectivity index (χ0) is 7.98. The van der Waals surface area contributed by atoms with Gasteiger partial charge in [-0.1, -0.05) is 0 Å². The Morgan fingerprint density at radius 2 is 2.40 bits per heavy atom. The predicted octanol–water partition coefficient (Wildman–Crippen LogP) is -1.82. The van der Waals surface area contributed by atoms with Gasteiger partial charge in [0.25, 0.3) is 0 Å². The smallest absolute Gasteiger partial charge is 0.320 e. The van der Waals surface area contributed by atoms with Gasteiger partial charge in [0.05, 0.1) is 6.61 Å². The van der Waals surface area contributed by atoms with E-state index in [-0.39, 0.29) is 13.0 Å². The van der Waals surface area contributed by atoms with Crippen LogP contribution in [0.1, 0.15) is 6.42 Å². The third-order valence-electron chi connectivity index (χ3n) is 0.931. The zero-order valence-electron chi connectivity index (χ0n) is 5.41. The SMILES string of the molecule is NNOCC[C@H](N)C(=O)O. The molecule has 0 aromatic carbocycles. The molecule has 0 rings (SSSR count). The van der Waals surface area contributed by atoms with Crippen molar-refractivity contribution in [3.8, 4) is 0 Å². The van der Waals surface area contributed by atoms with E-state index in [2.05, 4.69) is 4.84 Å². The number of carboxylic acid groups (broad SMARTS) is 1. The van der Waals surface area contributed by atoms with E-state index in [9.17, 15) is 4.79 Å². The van der Waals surface area contributed by atoms with Crippen molar-refractivity contribution in [3.63, 3.8) is 0 Å². The van der Waals surface area contributed by atoms with Crippen LogP contribution in [0.15, 0.2) is 0 Å². The summed E-state index contributed by atoms with van der Waals surface area (Å²) < 4.78 is 0. The summed E-state index contributed by atoms with van der Waals surface area (Å²) in [6.45, 7) is 0.184. The number of hydrogen-bond donors (Lipinski definition) is 4. The van der Waals surface area contributed by atoms with E-state index in [0.717, 1.165) is 0 Å². The van der Waals surface area contributed by atoms with Crippen LogP contribution in [0, 0.1) is 0 Å². The first-order chi connectivity index (χ1) is 4.68. The Kier molecular flexibility index (Phi) is 4.77. The Morgan fingerprint density at radius 3 is 2.80 bits per heavy atom. The Balaban J connectivity index is 3.21. The Morgan fingerprint density at radius 1 is 1.80 bits per heavy atom. The van der Waals surface area contributed by atoms with E-state index in [1.807, 2.05) is 5.59 Å². The van der Waals surface area contributed by atoms with E-state index in [1.54, 1.807) is 0 Å². The second-order valence-corrected chi connectivity index (χ2v) is 1.70. The lowest BCUT2D eigenvalue weighted by atomic mass is 10.2. The minimum absolute atomic E-state index is 0.184. The molecule has 6 nitrogen and oxygen atoms in total. The van der Waals surface area contributed by atoms with E-state index >= 15 is 0 Å². The fraction of sp³-hybridized carbons (Fsp3) is 0.750. The van der Waals surface area contributed by atoms with E-state index in [0.29, 0.717) is 0 Å². The van der Waals surface area contributed by atoms with Gasteiger partial charge in [-0.2, -0.15) is 0 Å². The molecule has 0 fully saturated rings. The highest BCUT2D eigenvalue weighted by molar-refractivity contribution is 5.72. The monoisotopic (exact) mass is 149 g/mol. The topological polar surface area (TPSA) is 111 Å². The van der Waals surface area contributed by atoms with Crippen molar-refractivity contribution < 1.29 is 14.7 Å². The first-order valence-corrected chi connectivity index (χ1v) is 2.74. The lowest BCUT2D eigenvalue weighted by molar-refractivity contribution is -0.139. The molecule has 0 saturated carbocycles. The molecular formula is C4H11N3O3. The highest BCUT2D eigenvalue weighted by Gasteiger charge is 2.09. The molecule has 0 radical (unpaired) electrons. The number of carboxylic acids is 1. The van der Waals surface area contributed by atoms with Crippen LogP contribution in [-0.2, 0) is 9.63 Å². The number of rotatable bonds is 5. The van der Waals surface area contributed by atoms with Gasteiger partial charge in [0.2, 0.25) is 0 Å².